The molecular formula is C14H14N2O3. The molecule has 0 aliphatic rings. The van der Waals surface area contributed by atoms with E-state index in [-0.39, 0.29) is 0 Å². The van der Waals surface area contributed by atoms with E-state index in [0.29, 0.717) is 17.1 Å². The van der Waals surface area contributed by atoms with Crippen LogP contribution in [0.2, 0.25) is 0 Å². The maximum Gasteiger partial charge on any atom is 0.341 e. The molecule has 0 aliphatic heterocycles. The van der Waals surface area contributed by atoms with E-state index >= 15 is 0 Å². The molecule has 2 aromatic rings. The van der Waals surface area contributed by atoms with Crippen LogP contribution in [-0.2, 0) is 4.74 Å². The third kappa shape index (κ3) is 2.70. The van der Waals surface area contributed by atoms with Crippen molar-refractivity contribution in [3.63, 3.8) is 0 Å². The summed E-state index contributed by atoms with van der Waals surface area (Å²) in [4.78, 5) is 19.9. The average Bonchev–Trinajstić information content (AvgIpc) is 2.46. The molecule has 0 atom stereocenters. The molecule has 0 aliphatic carbocycles. The molecule has 1 aromatic carbocycles. The molecule has 0 fully saturated rings. The molecular weight excluding hydrogens is 244 g/mol. The first-order valence-electron chi connectivity index (χ1n) is 5.72. The minimum absolute atomic E-state index is 0.375. The van der Waals surface area contributed by atoms with Gasteiger partial charge in [0.25, 0.3) is 0 Å². The lowest BCUT2D eigenvalue weighted by Gasteiger charge is -2.06. The van der Waals surface area contributed by atoms with E-state index in [2.05, 4.69) is 14.7 Å². The van der Waals surface area contributed by atoms with Crippen LogP contribution in [0.15, 0.2) is 30.5 Å². The summed E-state index contributed by atoms with van der Waals surface area (Å²) < 4.78 is 9.75. The molecule has 0 radical (unpaired) electrons. The number of hydrogen-bond acceptors (Lipinski definition) is 5. The van der Waals surface area contributed by atoms with Gasteiger partial charge in [-0.05, 0) is 31.2 Å². The zero-order valence-electron chi connectivity index (χ0n) is 11.0. The number of rotatable bonds is 3. The van der Waals surface area contributed by atoms with E-state index in [0.717, 1.165) is 11.3 Å². The van der Waals surface area contributed by atoms with Crippen LogP contribution < -0.4 is 4.74 Å². The fourth-order valence-electron chi connectivity index (χ4n) is 1.66. The molecule has 0 N–H and O–H groups in total. The summed E-state index contributed by atoms with van der Waals surface area (Å²) in [5.41, 5.74) is 1.83. The Bertz CT molecular complexity index is 594. The molecule has 98 valence electrons. The minimum Gasteiger partial charge on any atom is -0.497 e. The molecule has 1 heterocycles. The molecule has 1 aromatic heterocycles. The molecule has 0 saturated carbocycles. The maximum atomic E-state index is 11.4. The highest BCUT2D eigenvalue weighted by atomic mass is 16.5. The van der Waals surface area contributed by atoms with Gasteiger partial charge < -0.3 is 9.47 Å². The van der Waals surface area contributed by atoms with Gasteiger partial charge in [0.1, 0.15) is 5.75 Å². The van der Waals surface area contributed by atoms with Gasteiger partial charge in [0, 0.05) is 11.8 Å². The van der Waals surface area contributed by atoms with Crippen molar-refractivity contribution in [1.29, 1.82) is 0 Å². The summed E-state index contributed by atoms with van der Waals surface area (Å²) >= 11 is 0. The Kier molecular flexibility index (Phi) is 3.75. The minimum atomic E-state index is -0.432. The highest BCUT2D eigenvalue weighted by Crippen LogP contribution is 2.20. The third-order valence-electron chi connectivity index (χ3n) is 2.73. The molecule has 0 bridgehead atoms. The van der Waals surface area contributed by atoms with Crippen molar-refractivity contribution < 1.29 is 14.3 Å². The standard InChI is InChI=1S/C14H14N2O3/c1-9-12(14(17)19-3)8-15-13(16-9)10-4-6-11(18-2)7-5-10/h4-8H,1-3H3. The number of carbonyl (C=O) groups excluding carboxylic acids is 1. The van der Waals surface area contributed by atoms with Gasteiger partial charge in [-0.25, -0.2) is 14.8 Å². The topological polar surface area (TPSA) is 61.3 Å². The normalized spacial score (nSPS) is 10.1. The Balaban J connectivity index is 2.35. The van der Waals surface area contributed by atoms with E-state index in [4.69, 9.17) is 4.74 Å². The second-order valence-electron chi connectivity index (χ2n) is 3.91. The molecule has 2 rings (SSSR count). The SMILES string of the molecule is COC(=O)c1cnc(-c2ccc(OC)cc2)nc1C. The number of ether oxygens (including phenoxy) is 2. The van der Waals surface area contributed by atoms with Crippen LogP contribution in [0.25, 0.3) is 11.4 Å². The lowest BCUT2D eigenvalue weighted by Crippen LogP contribution is -2.07. The Morgan fingerprint density at radius 1 is 1.16 bits per heavy atom. The van der Waals surface area contributed by atoms with E-state index < -0.39 is 5.97 Å². The Labute approximate surface area is 111 Å². The Hall–Kier alpha value is -2.43. The number of aromatic nitrogens is 2. The zero-order valence-corrected chi connectivity index (χ0v) is 11.0. The van der Waals surface area contributed by atoms with Crippen molar-refractivity contribution in [2.24, 2.45) is 0 Å². The highest BCUT2D eigenvalue weighted by molar-refractivity contribution is 5.90. The van der Waals surface area contributed by atoms with Gasteiger partial charge in [-0.15, -0.1) is 0 Å². The fourth-order valence-corrected chi connectivity index (χ4v) is 1.66. The van der Waals surface area contributed by atoms with Crippen LogP contribution in [0.4, 0.5) is 0 Å². The smallest absolute Gasteiger partial charge is 0.341 e. The summed E-state index contributed by atoms with van der Waals surface area (Å²) in [5.74, 6) is 0.901. The second-order valence-corrected chi connectivity index (χ2v) is 3.91. The summed E-state index contributed by atoms with van der Waals surface area (Å²) in [6.45, 7) is 1.75. The van der Waals surface area contributed by atoms with Crippen LogP contribution in [-0.4, -0.2) is 30.2 Å². The molecule has 0 amide bonds. The monoisotopic (exact) mass is 258 g/mol. The Morgan fingerprint density at radius 3 is 2.37 bits per heavy atom. The largest absolute Gasteiger partial charge is 0.497 e. The van der Waals surface area contributed by atoms with Crippen molar-refractivity contribution >= 4 is 5.97 Å². The molecule has 5 nitrogen and oxygen atoms in total. The van der Waals surface area contributed by atoms with Crippen molar-refractivity contribution in [3.8, 4) is 17.1 Å². The summed E-state index contributed by atoms with van der Waals surface area (Å²) in [7, 11) is 2.94. The van der Waals surface area contributed by atoms with Crippen LogP contribution in [0, 0.1) is 6.92 Å². The first-order valence-corrected chi connectivity index (χ1v) is 5.72. The lowest BCUT2D eigenvalue weighted by atomic mass is 10.2. The summed E-state index contributed by atoms with van der Waals surface area (Å²) in [6, 6.07) is 7.40. The number of methoxy groups -OCH3 is 2. The van der Waals surface area contributed by atoms with Crippen LogP contribution in [0.3, 0.4) is 0 Å². The van der Waals surface area contributed by atoms with Crippen molar-refractivity contribution in [2.45, 2.75) is 6.92 Å². The number of esters is 1. The zero-order chi connectivity index (χ0) is 13.8. The van der Waals surface area contributed by atoms with E-state index in [9.17, 15) is 4.79 Å². The summed E-state index contributed by atoms with van der Waals surface area (Å²) in [5, 5.41) is 0. The van der Waals surface area contributed by atoms with Gasteiger partial charge in [0.2, 0.25) is 0 Å². The third-order valence-corrected chi connectivity index (χ3v) is 2.73. The second kappa shape index (κ2) is 5.48. The van der Waals surface area contributed by atoms with Crippen molar-refractivity contribution in [1.82, 2.24) is 9.97 Å². The first-order chi connectivity index (χ1) is 9.15. The maximum absolute atomic E-state index is 11.4. The number of benzene rings is 1. The molecule has 0 saturated heterocycles. The van der Waals surface area contributed by atoms with Crippen LogP contribution in [0.5, 0.6) is 5.75 Å². The number of nitrogens with zero attached hydrogens (tertiary/aromatic N) is 2. The van der Waals surface area contributed by atoms with Gasteiger partial charge >= 0.3 is 5.97 Å². The van der Waals surface area contributed by atoms with Gasteiger partial charge in [-0.3, -0.25) is 0 Å². The van der Waals surface area contributed by atoms with E-state index in [1.165, 1.54) is 13.3 Å². The van der Waals surface area contributed by atoms with E-state index in [1.807, 2.05) is 24.3 Å². The molecule has 0 spiro atoms. The quantitative estimate of drug-likeness (QED) is 0.790. The van der Waals surface area contributed by atoms with Crippen LogP contribution >= 0.6 is 0 Å². The predicted molar refractivity (Wildman–Crippen MR) is 70.1 cm³/mol. The lowest BCUT2D eigenvalue weighted by molar-refractivity contribution is 0.0599. The van der Waals surface area contributed by atoms with Crippen molar-refractivity contribution in [3.05, 3.63) is 41.7 Å². The average molecular weight is 258 g/mol. The molecule has 0 unspecified atom stereocenters. The van der Waals surface area contributed by atoms with Crippen LogP contribution in [0.1, 0.15) is 16.1 Å². The molecule has 19 heavy (non-hydrogen) atoms. The van der Waals surface area contributed by atoms with E-state index in [1.54, 1.807) is 14.0 Å². The van der Waals surface area contributed by atoms with Gasteiger partial charge in [0.05, 0.1) is 25.5 Å². The highest BCUT2D eigenvalue weighted by Gasteiger charge is 2.12. The van der Waals surface area contributed by atoms with Crippen molar-refractivity contribution in [2.75, 3.05) is 14.2 Å². The van der Waals surface area contributed by atoms with Gasteiger partial charge in [-0.1, -0.05) is 0 Å². The predicted octanol–water partition coefficient (Wildman–Crippen LogP) is 2.25. The number of hydrogen-bond donors (Lipinski definition) is 0. The Morgan fingerprint density at radius 2 is 1.84 bits per heavy atom. The fraction of sp³-hybridized carbons (Fsp3) is 0.214. The molecule has 5 heteroatoms. The number of carbonyl (C=O) groups is 1. The van der Waals surface area contributed by atoms with Gasteiger partial charge in [-0.2, -0.15) is 0 Å². The summed E-state index contributed by atoms with van der Waals surface area (Å²) in [6.07, 6.45) is 1.48. The first kappa shape index (κ1) is 13.0. The van der Waals surface area contributed by atoms with Gasteiger partial charge in [0.15, 0.2) is 5.82 Å². The number of aryl methyl sites for hydroxylation is 1.